The summed E-state index contributed by atoms with van der Waals surface area (Å²) in [4.78, 5) is 13.5. The summed E-state index contributed by atoms with van der Waals surface area (Å²) in [5.74, 6) is 1.85. The summed E-state index contributed by atoms with van der Waals surface area (Å²) in [6, 6.07) is 13.6. The molecule has 0 saturated heterocycles. The molecule has 0 amide bonds. The van der Waals surface area contributed by atoms with Gasteiger partial charge in [-0.3, -0.25) is 4.79 Å². The Balaban J connectivity index is 1.67. The van der Waals surface area contributed by atoms with Crippen molar-refractivity contribution in [2.45, 2.75) is 51.7 Å². The number of hydrogen-bond donors (Lipinski definition) is 1. The summed E-state index contributed by atoms with van der Waals surface area (Å²) in [5, 5.41) is 5.12. The van der Waals surface area contributed by atoms with Crippen LogP contribution >= 0.6 is 11.6 Å². The smallest absolute Gasteiger partial charge is 0.255 e. The average Bonchev–Trinajstić information content (AvgIpc) is 2.82. The zero-order valence-corrected chi connectivity index (χ0v) is 19.6. The summed E-state index contributed by atoms with van der Waals surface area (Å²) >= 11 is 5.98. The Morgan fingerprint density at radius 3 is 2.34 bits per heavy atom. The van der Waals surface area contributed by atoms with E-state index in [4.69, 9.17) is 21.1 Å². The van der Waals surface area contributed by atoms with Crippen LogP contribution in [0.3, 0.4) is 0 Å². The lowest BCUT2D eigenvalue weighted by atomic mass is 9.89. The molecule has 0 bridgehead atoms. The molecule has 0 aliphatic heterocycles. The molecule has 2 aromatic carbocycles. The van der Waals surface area contributed by atoms with E-state index in [2.05, 4.69) is 5.32 Å². The van der Waals surface area contributed by atoms with Gasteiger partial charge in [0, 0.05) is 41.7 Å². The Labute approximate surface area is 194 Å². The first-order valence-corrected chi connectivity index (χ1v) is 11.7. The molecule has 4 rings (SSSR count). The van der Waals surface area contributed by atoms with E-state index in [1.165, 1.54) is 32.1 Å². The summed E-state index contributed by atoms with van der Waals surface area (Å²) < 4.78 is 13.0. The van der Waals surface area contributed by atoms with E-state index in [1.54, 1.807) is 14.2 Å². The molecule has 1 saturated carbocycles. The van der Waals surface area contributed by atoms with Gasteiger partial charge in [-0.2, -0.15) is 0 Å². The molecule has 0 atom stereocenters. The van der Waals surface area contributed by atoms with Gasteiger partial charge in [0.05, 0.1) is 19.7 Å². The Bertz CT molecular complexity index is 1120. The highest BCUT2D eigenvalue weighted by molar-refractivity contribution is 6.30. The van der Waals surface area contributed by atoms with Crippen LogP contribution in [-0.2, 0) is 19.6 Å². The third kappa shape index (κ3) is 5.11. The summed E-state index contributed by atoms with van der Waals surface area (Å²) in [5.41, 5.74) is 2.86. The minimum Gasteiger partial charge on any atom is -0.493 e. The van der Waals surface area contributed by atoms with Crippen LogP contribution in [-0.4, -0.2) is 18.8 Å². The minimum absolute atomic E-state index is 0.0684. The molecule has 0 spiro atoms. The van der Waals surface area contributed by atoms with Crippen LogP contribution in [0.5, 0.6) is 11.5 Å². The lowest BCUT2D eigenvalue weighted by molar-refractivity contribution is 0.319. The molecular weight excluding hydrogens is 424 g/mol. The fraction of sp³-hybridized carbons (Fsp3) is 0.423. The van der Waals surface area contributed by atoms with Gasteiger partial charge in [-0.15, -0.1) is 0 Å². The normalized spacial score (nSPS) is 14.6. The van der Waals surface area contributed by atoms with Crippen molar-refractivity contribution in [2.75, 3.05) is 14.2 Å². The van der Waals surface area contributed by atoms with Gasteiger partial charge in [0.25, 0.3) is 5.56 Å². The highest BCUT2D eigenvalue weighted by Crippen LogP contribution is 2.33. The van der Waals surface area contributed by atoms with E-state index in [0.717, 1.165) is 33.6 Å². The van der Waals surface area contributed by atoms with Gasteiger partial charge in [0.1, 0.15) is 0 Å². The van der Waals surface area contributed by atoms with Gasteiger partial charge in [-0.05, 0) is 48.6 Å². The number of methoxy groups -OCH3 is 2. The van der Waals surface area contributed by atoms with Crippen LogP contribution in [0.1, 0.15) is 43.2 Å². The van der Waals surface area contributed by atoms with E-state index in [0.29, 0.717) is 30.5 Å². The van der Waals surface area contributed by atoms with Crippen molar-refractivity contribution in [1.82, 2.24) is 9.88 Å². The monoisotopic (exact) mass is 454 g/mol. The standard InChI is InChI=1S/C26H31ClN2O3/c1-31-24-13-20-12-21(16-28-15-18-8-10-22(27)11-9-18)26(30)29(23(20)14-25(24)32-2)17-19-6-4-3-5-7-19/h8-14,19,28H,3-7,15-17H2,1-2H3. The van der Waals surface area contributed by atoms with Crippen molar-refractivity contribution in [3.8, 4) is 11.5 Å². The molecule has 1 heterocycles. The number of halogens is 1. The van der Waals surface area contributed by atoms with Crippen molar-refractivity contribution in [3.63, 3.8) is 0 Å². The Kier molecular flexibility index (Phi) is 7.38. The van der Waals surface area contributed by atoms with Crippen molar-refractivity contribution >= 4 is 22.5 Å². The van der Waals surface area contributed by atoms with Gasteiger partial charge in [0.2, 0.25) is 0 Å². The predicted molar refractivity (Wildman–Crippen MR) is 130 cm³/mol. The van der Waals surface area contributed by atoms with E-state index in [1.807, 2.05) is 47.0 Å². The molecule has 0 unspecified atom stereocenters. The lowest BCUT2D eigenvalue weighted by Gasteiger charge is -2.24. The van der Waals surface area contributed by atoms with Crippen LogP contribution in [0.15, 0.2) is 47.3 Å². The zero-order chi connectivity index (χ0) is 22.5. The number of fused-ring (bicyclic) bond motifs is 1. The SMILES string of the molecule is COc1cc2cc(CNCc3ccc(Cl)cc3)c(=O)n(CC3CCCCC3)c2cc1OC. The number of rotatable bonds is 8. The summed E-state index contributed by atoms with van der Waals surface area (Å²) in [7, 11) is 3.26. The molecule has 1 fully saturated rings. The second-order valence-corrected chi connectivity index (χ2v) is 9.02. The van der Waals surface area contributed by atoms with Crippen molar-refractivity contribution in [3.05, 3.63) is 69.0 Å². The summed E-state index contributed by atoms with van der Waals surface area (Å²) in [6.45, 7) is 1.91. The maximum Gasteiger partial charge on any atom is 0.255 e. The van der Waals surface area contributed by atoms with Gasteiger partial charge in [0.15, 0.2) is 11.5 Å². The lowest BCUT2D eigenvalue weighted by Crippen LogP contribution is -2.30. The van der Waals surface area contributed by atoms with E-state index in [-0.39, 0.29) is 5.56 Å². The van der Waals surface area contributed by atoms with Crippen LogP contribution in [0.4, 0.5) is 0 Å². The molecule has 1 N–H and O–H groups in total. The van der Waals surface area contributed by atoms with Crippen LogP contribution < -0.4 is 20.3 Å². The number of benzene rings is 2. The second kappa shape index (κ2) is 10.4. The highest BCUT2D eigenvalue weighted by Gasteiger charge is 2.19. The molecule has 1 aromatic heterocycles. The quantitative estimate of drug-likeness (QED) is 0.485. The molecule has 170 valence electrons. The van der Waals surface area contributed by atoms with E-state index >= 15 is 0 Å². The molecule has 1 aliphatic carbocycles. The zero-order valence-electron chi connectivity index (χ0n) is 18.8. The van der Waals surface area contributed by atoms with Crippen LogP contribution in [0.25, 0.3) is 10.9 Å². The average molecular weight is 455 g/mol. The first-order chi connectivity index (χ1) is 15.6. The van der Waals surface area contributed by atoms with Gasteiger partial charge in [-0.25, -0.2) is 0 Å². The van der Waals surface area contributed by atoms with E-state index < -0.39 is 0 Å². The van der Waals surface area contributed by atoms with Crippen molar-refractivity contribution in [1.29, 1.82) is 0 Å². The van der Waals surface area contributed by atoms with Crippen LogP contribution in [0.2, 0.25) is 5.02 Å². The van der Waals surface area contributed by atoms with Gasteiger partial charge in [-0.1, -0.05) is 43.0 Å². The molecule has 0 radical (unpaired) electrons. The molecule has 1 aliphatic rings. The third-order valence-corrected chi connectivity index (χ3v) is 6.65. The Morgan fingerprint density at radius 1 is 0.969 bits per heavy atom. The largest absolute Gasteiger partial charge is 0.493 e. The summed E-state index contributed by atoms with van der Waals surface area (Å²) in [6.07, 6.45) is 6.15. The van der Waals surface area contributed by atoms with Crippen molar-refractivity contribution < 1.29 is 9.47 Å². The number of aromatic nitrogens is 1. The Morgan fingerprint density at radius 2 is 1.66 bits per heavy atom. The number of pyridine rings is 1. The van der Waals surface area contributed by atoms with Crippen molar-refractivity contribution in [2.24, 2.45) is 5.92 Å². The fourth-order valence-electron chi connectivity index (χ4n) is 4.65. The maximum atomic E-state index is 13.5. The Hall–Kier alpha value is -2.50. The maximum absolute atomic E-state index is 13.5. The second-order valence-electron chi connectivity index (χ2n) is 8.59. The highest BCUT2D eigenvalue weighted by atomic mass is 35.5. The third-order valence-electron chi connectivity index (χ3n) is 6.40. The minimum atomic E-state index is 0.0684. The molecule has 32 heavy (non-hydrogen) atoms. The number of hydrogen-bond acceptors (Lipinski definition) is 4. The topological polar surface area (TPSA) is 52.5 Å². The van der Waals surface area contributed by atoms with E-state index in [9.17, 15) is 4.79 Å². The number of nitrogens with one attached hydrogen (secondary N) is 1. The predicted octanol–water partition coefficient (Wildman–Crippen LogP) is 5.54. The fourth-order valence-corrected chi connectivity index (χ4v) is 4.77. The molecule has 3 aromatic rings. The molecule has 6 heteroatoms. The molecule has 5 nitrogen and oxygen atoms in total. The van der Waals surface area contributed by atoms with Crippen LogP contribution in [0, 0.1) is 5.92 Å². The number of nitrogens with zero attached hydrogens (tertiary/aromatic N) is 1. The van der Waals surface area contributed by atoms with Gasteiger partial charge >= 0.3 is 0 Å². The number of ether oxygens (including phenoxy) is 2. The molecular formula is C26H31ClN2O3. The first kappa shape index (κ1) is 22.7. The van der Waals surface area contributed by atoms with Gasteiger partial charge < -0.3 is 19.4 Å². The first-order valence-electron chi connectivity index (χ1n) is 11.3.